The van der Waals surface area contributed by atoms with Gasteiger partial charge in [0, 0.05) is 44.6 Å². The zero-order chi connectivity index (χ0) is 20.3. The van der Waals surface area contributed by atoms with Gasteiger partial charge in [-0.2, -0.15) is 0 Å². The predicted molar refractivity (Wildman–Crippen MR) is 112 cm³/mol. The van der Waals surface area contributed by atoms with Gasteiger partial charge in [0.25, 0.3) is 0 Å². The molecule has 0 unspecified atom stereocenters. The summed E-state index contributed by atoms with van der Waals surface area (Å²) in [7, 11) is 1.63. The average Bonchev–Trinajstić information content (AvgIpc) is 2.77. The second-order valence-corrected chi connectivity index (χ2v) is 7.43. The van der Waals surface area contributed by atoms with Crippen LogP contribution in [0.2, 0.25) is 0 Å². The fourth-order valence-corrected chi connectivity index (χ4v) is 3.53. The van der Waals surface area contributed by atoms with Crippen LogP contribution in [0.25, 0.3) is 0 Å². The number of rotatable bonds is 11. The first-order valence-corrected chi connectivity index (χ1v) is 10.4. The lowest BCUT2D eigenvalue weighted by molar-refractivity contribution is 0.0608. The van der Waals surface area contributed by atoms with Gasteiger partial charge >= 0.3 is 0 Å². The molecule has 29 heavy (non-hydrogen) atoms. The van der Waals surface area contributed by atoms with Crippen LogP contribution >= 0.6 is 0 Å². The molecule has 0 saturated carbocycles. The van der Waals surface area contributed by atoms with Gasteiger partial charge in [0.2, 0.25) is 0 Å². The molecule has 0 radical (unpaired) electrons. The van der Waals surface area contributed by atoms with Gasteiger partial charge in [-0.3, -0.25) is 9.97 Å². The normalized spacial score (nSPS) is 15.8. The van der Waals surface area contributed by atoms with Crippen LogP contribution in [0.15, 0.2) is 36.8 Å². The number of nitrogens with one attached hydrogen (secondary N) is 1. The first-order valence-electron chi connectivity index (χ1n) is 10.4. The Labute approximate surface area is 173 Å². The fraction of sp³-hybridized carbons (Fsp3) is 0.545. The number of aliphatic hydroxyl groups is 1. The zero-order valence-electron chi connectivity index (χ0n) is 17.2. The molecule has 3 rings (SSSR count). The molecule has 0 bridgehead atoms. The minimum Gasteiger partial charge on any atom is -0.493 e. The number of likely N-dealkylation sites (tertiary alicyclic amines) is 1. The molecular formula is C22H32N4O3. The summed E-state index contributed by atoms with van der Waals surface area (Å²) in [6.07, 6.45) is 9.22. The summed E-state index contributed by atoms with van der Waals surface area (Å²) < 4.78 is 11.3. The highest BCUT2D eigenvalue weighted by molar-refractivity contribution is 5.43. The Kier molecular flexibility index (Phi) is 8.67. The number of aromatic nitrogens is 2. The molecule has 0 aliphatic carbocycles. The van der Waals surface area contributed by atoms with Crippen molar-refractivity contribution in [3.63, 3.8) is 0 Å². The van der Waals surface area contributed by atoms with E-state index in [-0.39, 0.29) is 6.61 Å². The first kappa shape index (κ1) is 21.5. The summed E-state index contributed by atoms with van der Waals surface area (Å²) in [5.41, 5.74) is 2.08. The molecular weight excluding hydrogens is 368 g/mol. The van der Waals surface area contributed by atoms with Gasteiger partial charge in [0.05, 0.1) is 12.8 Å². The van der Waals surface area contributed by atoms with Crippen molar-refractivity contribution >= 4 is 0 Å². The number of β-amino-alcohol motifs (C(OH)–C–C–N with tert-alkyl or cyclic N) is 1. The Bertz CT molecular complexity index is 723. The summed E-state index contributed by atoms with van der Waals surface area (Å²) in [4.78, 5) is 10.7. The van der Waals surface area contributed by atoms with Gasteiger partial charge in [0.1, 0.15) is 12.7 Å². The van der Waals surface area contributed by atoms with Gasteiger partial charge in [0.15, 0.2) is 11.5 Å². The van der Waals surface area contributed by atoms with E-state index in [1.165, 1.54) is 19.3 Å². The van der Waals surface area contributed by atoms with E-state index in [0.717, 1.165) is 43.9 Å². The van der Waals surface area contributed by atoms with Crippen molar-refractivity contribution in [2.75, 3.05) is 39.9 Å². The molecule has 2 aromatic rings. The number of hydrogen-bond acceptors (Lipinski definition) is 7. The van der Waals surface area contributed by atoms with Crippen LogP contribution in [-0.2, 0) is 13.0 Å². The number of piperidine rings is 1. The van der Waals surface area contributed by atoms with E-state index in [1.54, 1.807) is 25.7 Å². The topological polar surface area (TPSA) is 79.7 Å². The molecule has 1 aliphatic rings. The van der Waals surface area contributed by atoms with E-state index in [9.17, 15) is 5.11 Å². The van der Waals surface area contributed by atoms with Crippen LogP contribution in [0.4, 0.5) is 0 Å². The number of ether oxygens (including phenoxy) is 2. The van der Waals surface area contributed by atoms with Gasteiger partial charge in [-0.05, 0) is 43.6 Å². The molecule has 0 spiro atoms. The van der Waals surface area contributed by atoms with E-state index in [0.29, 0.717) is 18.0 Å². The number of aliphatic hydroxyl groups excluding tert-OH is 1. The maximum atomic E-state index is 10.3. The number of methoxy groups -OCH3 is 1. The molecule has 1 fully saturated rings. The Morgan fingerprint density at radius 2 is 2.03 bits per heavy atom. The maximum Gasteiger partial charge on any atom is 0.161 e. The molecule has 1 aliphatic heterocycles. The van der Waals surface area contributed by atoms with Crippen LogP contribution in [-0.4, -0.2) is 66.0 Å². The SMILES string of the molecule is COc1ccc(CNCCc2cnccn2)cc1OC[C@H](O)CN1CCCCC1. The standard InChI is InChI=1S/C22H32N4O3/c1-28-21-6-5-18(14-23-8-7-19-15-24-9-10-25-19)13-22(21)29-17-20(27)16-26-11-3-2-4-12-26/h5-6,9-10,13,15,20,23,27H,2-4,7-8,11-12,14,16-17H2,1H3/t20-/m1/s1. The van der Waals surface area contributed by atoms with Crippen LogP contribution in [0.5, 0.6) is 11.5 Å². The first-order chi connectivity index (χ1) is 14.2. The smallest absolute Gasteiger partial charge is 0.161 e. The van der Waals surface area contributed by atoms with Crippen molar-refractivity contribution in [2.24, 2.45) is 0 Å². The quantitative estimate of drug-likeness (QED) is 0.559. The van der Waals surface area contributed by atoms with Crippen molar-refractivity contribution in [1.82, 2.24) is 20.2 Å². The Morgan fingerprint density at radius 1 is 1.17 bits per heavy atom. The molecule has 1 saturated heterocycles. The predicted octanol–water partition coefficient (Wildman–Crippen LogP) is 2.04. The molecule has 7 nitrogen and oxygen atoms in total. The highest BCUT2D eigenvalue weighted by Crippen LogP contribution is 2.28. The summed E-state index contributed by atoms with van der Waals surface area (Å²) in [5, 5.41) is 13.8. The van der Waals surface area contributed by atoms with Crippen molar-refractivity contribution in [3.05, 3.63) is 48.0 Å². The highest BCUT2D eigenvalue weighted by Gasteiger charge is 2.16. The van der Waals surface area contributed by atoms with Gasteiger partial charge in [-0.1, -0.05) is 12.5 Å². The highest BCUT2D eigenvalue weighted by atomic mass is 16.5. The zero-order valence-corrected chi connectivity index (χ0v) is 17.2. The summed E-state index contributed by atoms with van der Waals surface area (Å²) in [5.74, 6) is 1.34. The number of benzene rings is 1. The van der Waals surface area contributed by atoms with Gasteiger partial charge < -0.3 is 24.8 Å². The van der Waals surface area contributed by atoms with E-state index in [4.69, 9.17) is 9.47 Å². The lowest BCUT2D eigenvalue weighted by atomic mass is 10.1. The lowest BCUT2D eigenvalue weighted by Gasteiger charge is -2.28. The minimum atomic E-state index is -0.508. The third kappa shape index (κ3) is 7.27. The molecule has 2 N–H and O–H groups in total. The molecule has 2 heterocycles. The molecule has 1 aromatic carbocycles. The summed E-state index contributed by atoms with van der Waals surface area (Å²) in [6, 6.07) is 5.90. The Morgan fingerprint density at radius 3 is 2.79 bits per heavy atom. The van der Waals surface area contributed by atoms with E-state index >= 15 is 0 Å². The van der Waals surface area contributed by atoms with Gasteiger partial charge in [-0.25, -0.2) is 0 Å². The van der Waals surface area contributed by atoms with Crippen LogP contribution in [0.1, 0.15) is 30.5 Å². The lowest BCUT2D eigenvalue weighted by Crippen LogP contribution is -2.38. The second-order valence-electron chi connectivity index (χ2n) is 7.43. The monoisotopic (exact) mass is 400 g/mol. The van der Waals surface area contributed by atoms with Crippen molar-refractivity contribution < 1.29 is 14.6 Å². The minimum absolute atomic E-state index is 0.260. The molecule has 158 valence electrons. The fourth-order valence-electron chi connectivity index (χ4n) is 3.53. The van der Waals surface area contributed by atoms with Gasteiger partial charge in [-0.15, -0.1) is 0 Å². The Balaban J connectivity index is 1.46. The Hall–Kier alpha value is -2.22. The van der Waals surface area contributed by atoms with Crippen LogP contribution < -0.4 is 14.8 Å². The van der Waals surface area contributed by atoms with E-state index in [2.05, 4.69) is 20.2 Å². The van der Waals surface area contributed by atoms with E-state index < -0.39 is 6.10 Å². The average molecular weight is 401 g/mol. The molecule has 1 atom stereocenters. The van der Waals surface area contributed by atoms with Crippen molar-refractivity contribution in [1.29, 1.82) is 0 Å². The van der Waals surface area contributed by atoms with E-state index in [1.807, 2.05) is 18.2 Å². The molecule has 0 amide bonds. The summed E-state index contributed by atoms with van der Waals surface area (Å²) in [6.45, 7) is 4.58. The second kappa shape index (κ2) is 11.7. The van der Waals surface area contributed by atoms with Crippen molar-refractivity contribution in [2.45, 2.75) is 38.3 Å². The van der Waals surface area contributed by atoms with Crippen molar-refractivity contribution in [3.8, 4) is 11.5 Å². The largest absolute Gasteiger partial charge is 0.493 e. The number of hydrogen-bond donors (Lipinski definition) is 2. The summed E-state index contributed by atoms with van der Waals surface area (Å²) >= 11 is 0. The number of nitrogens with zero attached hydrogens (tertiary/aromatic N) is 3. The third-order valence-corrected chi connectivity index (χ3v) is 5.08. The van der Waals surface area contributed by atoms with Crippen LogP contribution in [0.3, 0.4) is 0 Å². The van der Waals surface area contributed by atoms with Crippen LogP contribution in [0, 0.1) is 0 Å². The maximum absolute atomic E-state index is 10.3. The third-order valence-electron chi connectivity index (χ3n) is 5.08. The molecule has 1 aromatic heterocycles. The molecule has 7 heteroatoms.